The van der Waals surface area contributed by atoms with Gasteiger partial charge in [-0.15, -0.1) is 0 Å². The van der Waals surface area contributed by atoms with Crippen LogP contribution in [0.25, 0.3) is 10.8 Å². The number of fused-ring (bicyclic) bond motifs is 3. The van der Waals surface area contributed by atoms with Crippen LogP contribution >= 0.6 is 39.0 Å². The average Bonchev–Trinajstić information content (AvgIpc) is 3.47. The van der Waals surface area contributed by atoms with Crippen molar-refractivity contribution in [3.05, 3.63) is 116 Å². The summed E-state index contributed by atoms with van der Waals surface area (Å²) in [5, 5.41) is 4.60. The number of amides is 3. The molecule has 11 heteroatoms. The van der Waals surface area contributed by atoms with E-state index in [4.69, 9.17) is 4.74 Å². The van der Waals surface area contributed by atoms with Crippen LogP contribution in [0.4, 0.5) is 11.4 Å². The highest BCUT2D eigenvalue weighted by atomic mass is 79.9. The van der Waals surface area contributed by atoms with E-state index < -0.39 is 17.1 Å². The first-order chi connectivity index (χ1) is 21.3. The highest BCUT2D eigenvalue weighted by molar-refractivity contribution is 9.10. The molecule has 0 saturated carbocycles. The van der Waals surface area contributed by atoms with E-state index in [1.54, 1.807) is 31.4 Å². The summed E-state index contributed by atoms with van der Waals surface area (Å²) in [6.45, 7) is -0.228. The van der Waals surface area contributed by atoms with E-state index in [2.05, 4.69) is 21.2 Å². The van der Waals surface area contributed by atoms with Gasteiger partial charge < -0.3 is 10.1 Å². The van der Waals surface area contributed by atoms with Gasteiger partial charge in [-0.3, -0.25) is 23.7 Å². The Morgan fingerprint density at radius 2 is 1.68 bits per heavy atom. The number of carbonyl (C=O) groups excluding carboxylic acids is 3. The number of anilines is 2. The molecule has 2 aliphatic rings. The third kappa shape index (κ3) is 4.85. The second-order valence-corrected chi connectivity index (χ2v) is 13.5. The topological polar surface area (TPSA) is 97.7 Å². The zero-order chi connectivity index (χ0) is 30.5. The smallest absolute Gasteiger partial charge is 0.308 e. The third-order valence-corrected chi connectivity index (χ3v) is 11.1. The van der Waals surface area contributed by atoms with Crippen molar-refractivity contribution >= 4 is 78.9 Å². The van der Waals surface area contributed by atoms with Gasteiger partial charge in [0.15, 0.2) is 0 Å². The van der Waals surface area contributed by atoms with Crippen LogP contribution in [0, 0.1) is 5.92 Å². The van der Waals surface area contributed by atoms with E-state index in [1.807, 2.05) is 66.7 Å². The molecule has 3 heterocycles. The maximum absolute atomic E-state index is 14.1. The van der Waals surface area contributed by atoms with Gasteiger partial charge in [-0.25, -0.2) is 4.90 Å². The largest absolute Gasteiger partial charge is 0.497 e. The summed E-state index contributed by atoms with van der Waals surface area (Å²) in [4.78, 5) is 56.4. The van der Waals surface area contributed by atoms with Crippen LogP contribution in [0.3, 0.4) is 0 Å². The zero-order valence-electron chi connectivity index (χ0n) is 23.2. The van der Waals surface area contributed by atoms with Crippen LogP contribution in [0.5, 0.6) is 5.75 Å². The molecule has 0 bridgehead atoms. The van der Waals surface area contributed by atoms with Crippen LogP contribution in [-0.2, 0) is 20.9 Å². The van der Waals surface area contributed by atoms with Crippen molar-refractivity contribution < 1.29 is 19.1 Å². The van der Waals surface area contributed by atoms with Gasteiger partial charge in [0.25, 0.3) is 0 Å². The lowest BCUT2D eigenvalue weighted by atomic mass is 9.83. The lowest BCUT2D eigenvalue weighted by molar-refractivity contribution is -0.122. The zero-order valence-corrected chi connectivity index (χ0v) is 26.4. The molecular formula is C33H24BrN3O5S2. The van der Waals surface area contributed by atoms with E-state index in [0.29, 0.717) is 27.0 Å². The lowest BCUT2D eigenvalue weighted by Crippen LogP contribution is -2.33. The summed E-state index contributed by atoms with van der Waals surface area (Å²) in [5.41, 5.74) is 1.91. The van der Waals surface area contributed by atoms with Crippen molar-refractivity contribution in [2.75, 3.05) is 17.3 Å². The Kier molecular flexibility index (Phi) is 7.39. The predicted molar refractivity (Wildman–Crippen MR) is 176 cm³/mol. The van der Waals surface area contributed by atoms with Gasteiger partial charge in [-0.1, -0.05) is 87.6 Å². The highest BCUT2D eigenvalue weighted by Gasteiger charge is 2.56. The first kappa shape index (κ1) is 28.6. The van der Waals surface area contributed by atoms with Crippen molar-refractivity contribution in [3.63, 3.8) is 0 Å². The monoisotopic (exact) mass is 685 g/mol. The summed E-state index contributed by atoms with van der Waals surface area (Å²) >= 11 is 5.75. The van der Waals surface area contributed by atoms with Crippen molar-refractivity contribution in [2.45, 2.75) is 22.7 Å². The first-order valence-electron chi connectivity index (χ1n) is 13.8. The number of aromatic nitrogens is 1. The number of thiazole rings is 1. The molecule has 8 nitrogen and oxygen atoms in total. The fourth-order valence-corrected chi connectivity index (χ4v) is 9.16. The van der Waals surface area contributed by atoms with E-state index >= 15 is 0 Å². The van der Waals surface area contributed by atoms with E-state index in [-0.39, 0.29) is 29.1 Å². The molecule has 1 N–H and O–H groups in total. The molecule has 5 aromatic rings. The van der Waals surface area contributed by atoms with Gasteiger partial charge in [0.05, 0.1) is 23.7 Å². The molecule has 2 aliphatic heterocycles. The number of rotatable bonds is 6. The van der Waals surface area contributed by atoms with Crippen molar-refractivity contribution in [3.8, 4) is 5.75 Å². The van der Waals surface area contributed by atoms with Gasteiger partial charge in [0.1, 0.15) is 17.5 Å². The molecule has 3 unspecified atom stereocenters. The number of nitrogens with one attached hydrogen (secondary N) is 1. The maximum Gasteiger partial charge on any atom is 0.308 e. The summed E-state index contributed by atoms with van der Waals surface area (Å²) in [6, 6.07) is 27.8. The van der Waals surface area contributed by atoms with Crippen LogP contribution in [0.2, 0.25) is 0 Å². The quantitative estimate of drug-likeness (QED) is 0.212. The Bertz CT molecular complexity index is 2020. The predicted octanol–water partition coefficient (Wildman–Crippen LogP) is 6.27. The number of hydrogen-bond acceptors (Lipinski definition) is 7. The minimum atomic E-state index is -0.775. The number of thioether (sulfide) groups is 1. The summed E-state index contributed by atoms with van der Waals surface area (Å²) < 4.78 is 7.50. The molecule has 1 saturated heterocycles. The molecule has 1 aromatic heterocycles. The summed E-state index contributed by atoms with van der Waals surface area (Å²) in [5.74, 6) is -1.71. The number of methoxy groups -OCH3 is 1. The number of halogens is 1. The van der Waals surface area contributed by atoms with E-state index in [1.165, 1.54) is 21.2 Å². The van der Waals surface area contributed by atoms with E-state index in [9.17, 15) is 19.2 Å². The Labute approximate surface area is 268 Å². The van der Waals surface area contributed by atoms with Crippen molar-refractivity contribution in [1.29, 1.82) is 0 Å². The number of hydrogen-bond donors (Lipinski definition) is 1. The molecule has 44 heavy (non-hydrogen) atoms. The SMILES string of the molecule is COc1ccc(N2C(=O)C3Sc4c(sc(=O)n4CC(=O)Nc4cccc5ccccc45)C(c4cccc(Br)c4)C3C2=O)cc1. The van der Waals surface area contributed by atoms with Gasteiger partial charge in [0, 0.05) is 26.3 Å². The molecule has 220 valence electrons. The molecular weight excluding hydrogens is 662 g/mol. The Balaban J connectivity index is 1.27. The normalized spacial score (nSPS) is 19.1. The fourth-order valence-electron chi connectivity index (χ4n) is 5.97. The van der Waals surface area contributed by atoms with Gasteiger partial charge in [-0.2, -0.15) is 0 Å². The van der Waals surface area contributed by atoms with Crippen LogP contribution in [0.1, 0.15) is 16.4 Å². The second-order valence-electron chi connectivity index (χ2n) is 10.5. The minimum absolute atomic E-state index is 0.228. The molecule has 4 aromatic carbocycles. The average molecular weight is 687 g/mol. The Morgan fingerprint density at radius 3 is 2.45 bits per heavy atom. The molecule has 1 fully saturated rings. The van der Waals surface area contributed by atoms with Crippen LogP contribution < -0.4 is 19.8 Å². The molecule has 0 spiro atoms. The molecule has 7 rings (SSSR count). The van der Waals surface area contributed by atoms with Crippen LogP contribution in [-0.4, -0.2) is 34.6 Å². The molecule has 0 radical (unpaired) electrons. The maximum atomic E-state index is 14.1. The lowest BCUT2D eigenvalue weighted by Gasteiger charge is -2.30. The van der Waals surface area contributed by atoms with Gasteiger partial charge in [0.2, 0.25) is 17.7 Å². The Morgan fingerprint density at radius 1 is 0.932 bits per heavy atom. The minimum Gasteiger partial charge on any atom is -0.497 e. The number of carbonyl (C=O) groups is 3. The van der Waals surface area contributed by atoms with E-state index in [0.717, 1.165) is 32.1 Å². The molecule has 0 aliphatic carbocycles. The highest BCUT2D eigenvalue weighted by Crippen LogP contribution is 2.54. The third-order valence-electron chi connectivity index (χ3n) is 7.95. The second kappa shape index (κ2) is 11.4. The summed E-state index contributed by atoms with van der Waals surface area (Å²) in [6.07, 6.45) is 0. The number of ether oxygens (including phenoxy) is 1. The number of imide groups is 1. The number of nitrogens with zero attached hydrogens (tertiary/aromatic N) is 2. The molecule has 3 atom stereocenters. The summed E-state index contributed by atoms with van der Waals surface area (Å²) in [7, 11) is 1.55. The standard InChI is InChI=1S/C33H24BrN3O5S2/c1-42-22-14-12-21(13-15-22)37-30(39)27-26(19-8-4-9-20(34)16-19)29-32(43-28(27)31(37)40)36(33(41)44-29)17-25(38)35-24-11-5-7-18-6-2-3-10-23(18)24/h2-16,26-28H,17H2,1H3,(H,35,38). The van der Waals surface area contributed by atoms with Crippen LogP contribution in [0.15, 0.2) is 105 Å². The first-order valence-corrected chi connectivity index (χ1v) is 16.3. The Hall–Kier alpha value is -4.19. The number of benzene rings is 4. The van der Waals surface area contributed by atoms with Crippen molar-refractivity contribution in [1.82, 2.24) is 4.57 Å². The fraction of sp³-hybridized carbons (Fsp3) is 0.152. The van der Waals surface area contributed by atoms with Gasteiger partial charge in [-0.05, 0) is 53.4 Å². The van der Waals surface area contributed by atoms with Crippen molar-refractivity contribution in [2.24, 2.45) is 5.92 Å². The molecule has 3 amide bonds. The van der Waals surface area contributed by atoms with Gasteiger partial charge >= 0.3 is 4.87 Å².